The van der Waals surface area contributed by atoms with Crippen molar-refractivity contribution in [1.29, 1.82) is 0 Å². The van der Waals surface area contributed by atoms with Crippen molar-refractivity contribution in [2.24, 2.45) is 11.7 Å². The van der Waals surface area contributed by atoms with Crippen LogP contribution in [0.25, 0.3) is 0 Å². The summed E-state index contributed by atoms with van der Waals surface area (Å²) in [5.41, 5.74) is 10.1. The van der Waals surface area contributed by atoms with Crippen molar-refractivity contribution in [3.8, 4) is 0 Å². The predicted octanol–water partition coefficient (Wildman–Crippen LogP) is 3.55. The Labute approximate surface area is 129 Å². The standard InChI is InChI=1S/C19H30N2/c1-14-8-10-19(11-9-14,21(2)3)18(20)13-16-12-15-6-4-5-7-17(15)16/h4-7,14,16,18H,8-13,20H2,1-3H3. The molecule has 2 heteroatoms. The molecular formula is C19H30N2. The molecule has 2 aliphatic carbocycles. The number of likely N-dealkylation sites (N-methyl/N-ethyl adjacent to an activating group) is 1. The quantitative estimate of drug-likeness (QED) is 0.917. The Kier molecular flexibility index (Phi) is 4.11. The molecule has 1 saturated carbocycles. The first-order chi connectivity index (χ1) is 10.0. The lowest BCUT2D eigenvalue weighted by atomic mass is 9.67. The molecule has 1 aromatic rings. The Morgan fingerprint density at radius 1 is 1.24 bits per heavy atom. The molecule has 2 nitrogen and oxygen atoms in total. The van der Waals surface area contributed by atoms with Crippen LogP contribution in [0.5, 0.6) is 0 Å². The molecule has 0 amide bonds. The van der Waals surface area contributed by atoms with Crippen molar-refractivity contribution in [3.05, 3.63) is 35.4 Å². The third-order valence-corrected chi connectivity index (χ3v) is 6.22. The second-order valence-corrected chi connectivity index (χ2v) is 7.62. The van der Waals surface area contributed by atoms with Crippen LogP contribution < -0.4 is 5.73 Å². The summed E-state index contributed by atoms with van der Waals surface area (Å²) in [6.45, 7) is 2.38. The van der Waals surface area contributed by atoms with Crippen LogP contribution in [0.1, 0.15) is 56.1 Å². The van der Waals surface area contributed by atoms with E-state index in [-0.39, 0.29) is 5.54 Å². The average molecular weight is 286 g/mol. The van der Waals surface area contributed by atoms with E-state index in [1.54, 1.807) is 5.56 Å². The number of hydrogen-bond donors (Lipinski definition) is 1. The Morgan fingerprint density at radius 2 is 1.90 bits per heavy atom. The molecule has 2 N–H and O–H groups in total. The molecule has 0 radical (unpaired) electrons. The van der Waals surface area contributed by atoms with Crippen molar-refractivity contribution in [3.63, 3.8) is 0 Å². The molecule has 0 bridgehead atoms. The fourth-order valence-corrected chi connectivity index (χ4v) is 4.51. The Bertz CT molecular complexity index is 486. The van der Waals surface area contributed by atoms with Gasteiger partial charge < -0.3 is 10.6 Å². The van der Waals surface area contributed by atoms with E-state index in [4.69, 9.17) is 5.73 Å². The molecule has 2 unspecified atom stereocenters. The molecule has 0 aliphatic heterocycles. The van der Waals surface area contributed by atoms with Gasteiger partial charge in [-0.15, -0.1) is 0 Å². The fraction of sp³-hybridized carbons (Fsp3) is 0.684. The largest absolute Gasteiger partial charge is 0.326 e. The van der Waals surface area contributed by atoms with E-state index < -0.39 is 0 Å². The van der Waals surface area contributed by atoms with Gasteiger partial charge in [-0.25, -0.2) is 0 Å². The fourth-order valence-electron chi connectivity index (χ4n) is 4.51. The van der Waals surface area contributed by atoms with Gasteiger partial charge in [0.1, 0.15) is 0 Å². The minimum atomic E-state index is 0.219. The normalized spacial score (nSPS) is 33.4. The van der Waals surface area contributed by atoms with Crippen molar-refractivity contribution >= 4 is 0 Å². The van der Waals surface area contributed by atoms with E-state index >= 15 is 0 Å². The number of fused-ring (bicyclic) bond motifs is 1. The van der Waals surface area contributed by atoms with E-state index in [1.807, 2.05) is 0 Å². The summed E-state index contributed by atoms with van der Waals surface area (Å²) in [7, 11) is 4.45. The summed E-state index contributed by atoms with van der Waals surface area (Å²) in [5, 5.41) is 0. The third kappa shape index (κ3) is 2.64. The van der Waals surface area contributed by atoms with Crippen molar-refractivity contribution < 1.29 is 0 Å². The molecule has 2 atom stereocenters. The highest BCUT2D eigenvalue weighted by atomic mass is 15.2. The van der Waals surface area contributed by atoms with Crippen LogP contribution in [0, 0.1) is 5.92 Å². The van der Waals surface area contributed by atoms with Gasteiger partial charge in [0.15, 0.2) is 0 Å². The second kappa shape index (κ2) is 5.73. The first kappa shape index (κ1) is 15.1. The van der Waals surface area contributed by atoms with Gasteiger partial charge in [-0.1, -0.05) is 31.2 Å². The molecule has 0 aromatic heterocycles. The zero-order valence-corrected chi connectivity index (χ0v) is 13.8. The van der Waals surface area contributed by atoms with Gasteiger partial charge in [-0.05, 0) is 75.6 Å². The van der Waals surface area contributed by atoms with Crippen LogP contribution >= 0.6 is 0 Å². The summed E-state index contributed by atoms with van der Waals surface area (Å²) in [6.07, 6.45) is 7.54. The Balaban J connectivity index is 1.70. The summed E-state index contributed by atoms with van der Waals surface area (Å²) in [6, 6.07) is 9.17. The van der Waals surface area contributed by atoms with Gasteiger partial charge >= 0.3 is 0 Å². The first-order valence-electron chi connectivity index (χ1n) is 8.54. The van der Waals surface area contributed by atoms with Gasteiger partial charge in [0, 0.05) is 11.6 Å². The van der Waals surface area contributed by atoms with Crippen LogP contribution in [-0.4, -0.2) is 30.6 Å². The second-order valence-electron chi connectivity index (χ2n) is 7.62. The number of hydrogen-bond acceptors (Lipinski definition) is 2. The highest BCUT2D eigenvalue weighted by molar-refractivity contribution is 5.40. The minimum Gasteiger partial charge on any atom is -0.326 e. The lowest BCUT2D eigenvalue weighted by Gasteiger charge is -2.50. The molecule has 0 saturated heterocycles. The Hall–Kier alpha value is -0.860. The molecule has 1 aromatic carbocycles. The monoisotopic (exact) mass is 286 g/mol. The van der Waals surface area contributed by atoms with E-state index in [0.29, 0.717) is 12.0 Å². The number of benzene rings is 1. The van der Waals surface area contributed by atoms with Gasteiger partial charge in [-0.3, -0.25) is 0 Å². The molecule has 21 heavy (non-hydrogen) atoms. The molecule has 0 spiro atoms. The van der Waals surface area contributed by atoms with Crippen molar-refractivity contribution in [2.45, 2.75) is 62.9 Å². The molecular weight excluding hydrogens is 256 g/mol. The molecule has 0 heterocycles. The molecule has 1 fully saturated rings. The van der Waals surface area contributed by atoms with Crippen molar-refractivity contribution in [1.82, 2.24) is 4.90 Å². The topological polar surface area (TPSA) is 29.3 Å². The van der Waals surface area contributed by atoms with E-state index in [2.05, 4.69) is 50.2 Å². The summed E-state index contributed by atoms with van der Waals surface area (Å²) in [5.74, 6) is 1.56. The lowest BCUT2D eigenvalue weighted by Crippen LogP contribution is -2.59. The highest BCUT2D eigenvalue weighted by Gasteiger charge is 2.43. The van der Waals surface area contributed by atoms with E-state index in [9.17, 15) is 0 Å². The van der Waals surface area contributed by atoms with Gasteiger partial charge in [-0.2, -0.15) is 0 Å². The molecule has 2 aliphatic rings. The van der Waals surface area contributed by atoms with Crippen molar-refractivity contribution in [2.75, 3.05) is 14.1 Å². The maximum atomic E-state index is 6.76. The predicted molar refractivity (Wildman–Crippen MR) is 89.5 cm³/mol. The number of rotatable bonds is 4. The smallest absolute Gasteiger partial charge is 0.0354 e. The number of nitrogens with two attached hydrogens (primary N) is 1. The van der Waals surface area contributed by atoms with Crippen LogP contribution in [-0.2, 0) is 6.42 Å². The minimum absolute atomic E-state index is 0.219. The summed E-state index contributed by atoms with van der Waals surface area (Å²) >= 11 is 0. The summed E-state index contributed by atoms with van der Waals surface area (Å²) in [4.78, 5) is 2.42. The highest BCUT2D eigenvalue weighted by Crippen LogP contribution is 2.43. The first-order valence-corrected chi connectivity index (χ1v) is 8.54. The molecule has 116 valence electrons. The van der Waals surface area contributed by atoms with Gasteiger partial charge in [0.25, 0.3) is 0 Å². The lowest BCUT2D eigenvalue weighted by molar-refractivity contribution is 0.0508. The van der Waals surface area contributed by atoms with E-state index in [1.165, 1.54) is 37.7 Å². The maximum absolute atomic E-state index is 6.76. The summed E-state index contributed by atoms with van der Waals surface area (Å²) < 4.78 is 0. The van der Waals surface area contributed by atoms with Gasteiger partial charge in [0.2, 0.25) is 0 Å². The third-order valence-electron chi connectivity index (χ3n) is 6.22. The zero-order valence-electron chi connectivity index (χ0n) is 13.8. The van der Waals surface area contributed by atoms with Gasteiger partial charge in [0.05, 0.1) is 0 Å². The van der Waals surface area contributed by atoms with E-state index in [0.717, 1.165) is 12.3 Å². The zero-order chi connectivity index (χ0) is 15.0. The number of nitrogens with zero attached hydrogens (tertiary/aromatic N) is 1. The Morgan fingerprint density at radius 3 is 2.52 bits per heavy atom. The molecule has 3 rings (SSSR count). The van der Waals surface area contributed by atoms with Crippen LogP contribution in [0.4, 0.5) is 0 Å². The maximum Gasteiger partial charge on any atom is 0.0354 e. The SMILES string of the molecule is CC1CCC(C(N)CC2Cc3ccccc32)(N(C)C)CC1. The van der Waals surface area contributed by atoms with Crippen LogP contribution in [0.3, 0.4) is 0 Å². The average Bonchev–Trinajstić information content (AvgIpc) is 2.45. The van der Waals surface area contributed by atoms with Crippen LogP contribution in [0.2, 0.25) is 0 Å². The van der Waals surface area contributed by atoms with Crippen LogP contribution in [0.15, 0.2) is 24.3 Å².